The lowest BCUT2D eigenvalue weighted by atomic mass is 9.78. The zero-order valence-corrected chi connectivity index (χ0v) is 20.0. The third-order valence-corrected chi connectivity index (χ3v) is 10.5. The van der Waals surface area contributed by atoms with Crippen LogP contribution >= 0.6 is 11.3 Å². The van der Waals surface area contributed by atoms with Crippen molar-refractivity contribution in [2.45, 2.75) is 77.2 Å². The molecule has 0 aromatic carbocycles. The summed E-state index contributed by atoms with van der Waals surface area (Å²) in [4.78, 5) is 16.7. The van der Waals surface area contributed by atoms with Gasteiger partial charge in [-0.3, -0.25) is 4.79 Å². The van der Waals surface area contributed by atoms with Crippen LogP contribution in [0.3, 0.4) is 0 Å². The van der Waals surface area contributed by atoms with Gasteiger partial charge in [0.1, 0.15) is 0 Å². The first-order valence-corrected chi connectivity index (χ1v) is 14.2. The molecule has 168 valence electrons. The van der Waals surface area contributed by atoms with E-state index in [0.29, 0.717) is 31.0 Å². The molecule has 2 aliphatic heterocycles. The molecule has 7 heteroatoms. The molecular formula is C23H36N2O3S2. The van der Waals surface area contributed by atoms with E-state index in [0.717, 1.165) is 37.8 Å². The zero-order valence-electron chi connectivity index (χ0n) is 18.4. The van der Waals surface area contributed by atoms with E-state index < -0.39 is 10.0 Å². The lowest BCUT2D eigenvalue weighted by Gasteiger charge is -2.44. The Morgan fingerprint density at radius 1 is 1.07 bits per heavy atom. The van der Waals surface area contributed by atoms with Crippen LogP contribution in [-0.4, -0.2) is 55.0 Å². The second kappa shape index (κ2) is 9.29. The Hall–Kier alpha value is -0.920. The Kier molecular flexibility index (Phi) is 6.90. The highest BCUT2D eigenvalue weighted by molar-refractivity contribution is 7.89. The summed E-state index contributed by atoms with van der Waals surface area (Å²) in [5.41, 5.74) is 0.844. The van der Waals surface area contributed by atoms with E-state index in [2.05, 4.69) is 11.0 Å². The molecule has 3 aliphatic rings. The number of sulfonamides is 1. The molecule has 2 atom stereocenters. The van der Waals surface area contributed by atoms with Crippen molar-refractivity contribution in [3.63, 3.8) is 0 Å². The molecule has 1 saturated carbocycles. The third-order valence-electron chi connectivity index (χ3n) is 7.16. The molecule has 30 heavy (non-hydrogen) atoms. The fourth-order valence-corrected chi connectivity index (χ4v) is 8.54. The summed E-state index contributed by atoms with van der Waals surface area (Å²) in [6.07, 6.45) is 9.11. The SMILES string of the molecule is CC(C)CS(=O)(=O)N1CCC(c2cc(C(=O)N3CCCC4CCCCC43)cs2)CC1. The molecule has 4 rings (SSSR count). The van der Waals surface area contributed by atoms with Gasteiger partial charge in [-0.15, -0.1) is 11.3 Å². The van der Waals surface area contributed by atoms with Crippen molar-refractivity contribution in [3.05, 3.63) is 21.9 Å². The molecule has 2 unspecified atom stereocenters. The quantitative estimate of drug-likeness (QED) is 0.650. The van der Waals surface area contributed by atoms with Crippen molar-refractivity contribution < 1.29 is 13.2 Å². The Morgan fingerprint density at radius 3 is 2.50 bits per heavy atom. The van der Waals surface area contributed by atoms with Crippen LogP contribution in [-0.2, 0) is 10.0 Å². The summed E-state index contributed by atoms with van der Waals surface area (Å²) in [5, 5.41) is 2.03. The molecule has 5 nitrogen and oxygen atoms in total. The minimum Gasteiger partial charge on any atom is -0.335 e. The average molecular weight is 453 g/mol. The fraction of sp³-hybridized carbons (Fsp3) is 0.783. The van der Waals surface area contributed by atoms with Crippen LogP contribution in [0.1, 0.15) is 86.4 Å². The van der Waals surface area contributed by atoms with E-state index in [-0.39, 0.29) is 17.6 Å². The molecule has 1 amide bonds. The smallest absolute Gasteiger partial charge is 0.254 e. The number of likely N-dealkylation sites (tertiary alicyclic amines) is 1. The number of rotatable bonds is 5. The van der Waals surface area contributed by atoms with Crippen molar-refractivity contribution in [1.82, 2.24) is 9.21 Å². The topological polar surface area (TPSA) is 57.7 Å². The van der Waals surface area contributed by atoms with Gasteiger partial charge in [0.15, 0.2) is 0 Å². The van der Waals surface area contributed by atoms with Crippen molar-refractivity contribution in [2.75, 3.05) is 25.4 Å². The first kappa shape index (κ1) is 22.3. The molecule has 1 aliphatic carbocycles. The maximum Gasteiger partial charge on any atom is 0.254 e. The van der Waals surface area contributed by atoms with Crippen LogP contribution in [0.2, 0.25) is 0 Å². The molecule has 0 N–H and O–H groups in total. The van der Waals surface area contributed by atoms with Crippen molar-refractivity contribution >= 4 is 27.3 Å². The molecule has 0 radical (unpaired) electrons. The molecule has 3 heterocycles. The van der Waals surface area contributed by atoms with Gasteiger partial charge in [0, 0.05) is 35.9 Å². The number of hydrogen-bond acceptors (Lipinski definition) is 4. The highest BCUT2D eigenvalue weighted by atomic mass is 32.2. The largest absolute Gasteiger partial charge is 0.335 e. The fourth-order valence-electron chi connectivity index (χ4n) is 5.67. The molecule has 1 aromatic rings. The number of carbonyl (C=O) groups excluding carboxylic acids is 1. The molecular weight excluding hydrogens is 416 g/mol. The van der Waals surface area contributed by atoms with E-state index in [4.69, 9.17) is 0 Å². The minimum atomic E-state index is -3.15. The monoisotopic (exact) mass is 452 g/mol. The van der Waals surface area contributed by atoms with Gasteiger partial charge in [0.2, 0.25) is 10.0 Å². The van der Waals surface area contributed by atoms with Gasteiger partial charge in [-0.1, -0.05) is 26.7 Å². The van der Waals surface area contributed by atoms with E-state index in [9.17, 15) is 13.2 Å². The second-order valence-corrected chi connectivity index (χ2v) is 12.8. The zero-order chi connectivity index (χ0) is 21.3. The van der Waals surface area contributed by atoms with Gasteiger partial charge in [-0.2, -0.15) is 0 Å². The highest BCUT2D eigenvalue weighted by Gasteiger charge is 2.36. The Balaban J connectivity index is 1.38. The maximum absolute atomic E-state index is 13.3. The van der Waals surface area contributed by atoms with Gasteiger partial charge >= 0.3 is 0 Å². The number of nitrogens with zero attached hydrogens (tertiary/aromatic N) is 2. The van der Waals surface area contributed by atoms with Crippen LogP contribution in [0, 0.1) is 11.8 Å². The lowest BCUT2D eigenvalue weighted by Crippen LogP contribution is -2.49. The number of carbonyl (C=O) groups is 1. The summed E-state index contributed by atoms with van der Waals surface area (Å²) in [6, 6.07) is 2.54. The van der Waals surface area contributed by atoms with E-state index in [1.54, 1.807) is 15.6 Å². The van der Waals surface area contributed by atoms with Gasteiger partial charge in [0.25, 0.3) is 5.91 Å². The van der Waals surface area contributed by atoms with Crippen molar-refractivity contribution in [3.8, 4) is 0 Å². The van der Waals surface area contributed by atoms with Crippen molar-refractivity contribution in [1.29, 1.82) is 0 Å². The molecule has 0 bridgehead atoms. The normalized spacial score (nSPS) is 26.7. The van der Waals surface area contributed by atoms with Gasteiger partial charge < -0.3 is 4.90 Å². The maximum atomic E-state index is 13.3. The van der Waals surface area contributed by atoms with Crippen molar-refractivity contribution in [2.24, 2.45) is 11.8 Å². The van der Waals surface area contributed by atoms with Crippen LogP contribution in [0.5, 0.6) is 0 Å². The average Bonchev–Trinajstić information content (AvgIpc) is 3.22. The lowest BCUT2D eigenvalue weighted by molar-refractivity contribution is 0.0391. The Bertz CT molecular complexity index is 838. The molecule has 1 aromatic heterocycles. The number of piperidine rings is 2. The van der Waals surface area contributed by atoms with Crippen LogP contribution in [0.25, 0.3) is 0 Å². The second-order valence-electron chi connectivity index (χ2n) is 9.84. The highest BCUT2D eigenvalue weighted by Crippen LogP contribution is 2.38. The van der Waals surface area contributed by atoms with Crippen LogP contribution in [0.15, 0.2) is 11.4 Å². The number of fused-ring (bicyclic) bond motifs is 1. The van der Waals surface area contributed by atoms with Crippen LogP contribution < -0.4 is 0 Å². The summed E-state index contributed by atoms with van der Waals surface area (Å²) in [5.74, 6) is 1.66. The minimum absolute atomic E-state index is 0.150. The van der Waals surface area contributed by atoms with Gasteiger partial charge in [-0.05, 0) is 62.3 Å². The summed E-state index contributed by atoms with van der Waals surface area (Å²) >= 11 is 1.68. The first-order chi connectivity index (χ1) is 14.3. The third kappa shape index (κ3) is 4.78. The summed E-state index contributed by atoms with van der Waals surface area (Å²) in [7, 11) is -3.15. The van der Waals surface area contributed by atoms with Crippen LogP contribution in [0.4, 0.5) is 0 Å². The Labute approximate surface area is 185 Å². The van der Waals surface area contributed by atoms with Gasteiger partial charge in [0.05, 0.1) is 11.3 Å². The number of thiophene rings is 1. The van der Waals surface area contributed by atoms with E-state index >= 15 is 0 Å². The number of hydrogen-bond donors (Lipinski definition) is 0. The summed E-state index contributed by atoms with van der Waals surface area (Å²) < 4.78 is 26.7. The molecule has 2 saturated heterocycles. The molecule has 3 fully saturated rings. The molecule has 0 spiro atoms. The predicted molar refractivity (Wildman–Crippen MR) is 123 cm³/mol. The predicted octanol–water partition coefficient (Wildman–Crippen LogP) is 4.71. The number of amides is 1. The first-order valence-electron chi connectivity index (χ1n) is 11.7. The Morgan fingerprint density at radius 2 is 1.77 bits per heavy atom. The summed E-state index contributed by atoms with van der Waals surface area (Å²) in [6.45, 7) is 5.99. The van der Waals surface area contributed by atoms with E-state index in [1.807, 2.05) is 19.2 Å². The van der Waals surface area contributed by atoms with E-state index in [1.165, 1.54) is 30.6 Å². The van der Waals surface area contributed by atoms with Gasteiger partial charge in [-0.25, -0.2) is 12.7 Å². The standard InChI is InChI=1S/C23H36N2O3S2/c1-17(2)16-30(27,28)24-12-9-19(10-13-24)22-14-20(15-29-22)23(26)25-11-5-7-18-6-3-4-8-21(18)25/h14-15,17-19,21H,3-13,16H2,1-2H3.